The molecule has 2 heterocycles. The maximum Gasteiger partial charge on any atom is 0.522 e. The second-order valence-electron chi connectivity index (χ2n) is 9.64. The number of hydrogen-bond donors (Lipinski definition) is 2. The van der Waals surface area contributed by atoms with Gasteiger partial charge in [-0.2, -0.15) is 43.2 Å². The van der Waals surface area contributed by atoms with E-state index in [-0.39, 0.29) is 36.0 Å². The molecule has 0 spiro atoms. The van der Waals surface area contributed by atoms with Crippen molar-refractivity contribution in [3.05, 3.63) is 71.8 Å². The van der Waals surface area contributed by atoms with Crippen LogP contribution in [0.15, 0.2) is 70.6 Å². The Kier molecular flexibility index (Phi) is 14.2. The van der Waals surface area contributed by atoms with Gasteiger partial charge in [0.05, 0.1) is 12.1 Å². The van der Waals surface area contributed by atoms with Crippen LogP contribution < -0.4 is 0 Å². The first-order chi connectivity index (χ1) is 19.6. The van der Waals surface area contributed by atoms with Crippen molar-refractivity contribution < 1.29 is 61.8 Å². The zero-order valence-corrected chi connectivity index (χ0v) is 27.6. The second kappa shape index (κ2) is 15.7. The van der Waals surface area contributed by atoms with E-state index in [4.69, 9.17) is 45.4 Å². The fourth-order valence-corrected chi connectivity index (χ4v) is 3.59. The first-order valence-electron chi connectivity index (χ1n) is 12.2. The summed E-state index contributed by atoms with van der Waals surface area (Å²) < 4.78 is 127. The van der Waals surface area contributed by atoms with E-state index >= 15 is 0 Å². The van der Waals surface area contributed by atoms with E-state index in [9.17, 15) is 26.3 Å². The minimum absolute atomic E-state index is 0. The van der Waals surface area contributed by atoms with Gasteiger partial charge in [-0.15, -0.1) is 0 Å². The maximum atomic E-state index is 10.7. The van der Waals surface area contributed by atoms with Crippen LogP contribution in [0.25, 0.3) is 0 Å². The number of alkyl halides is 6. The summed E-state index contributed by atoms with van der Waals surface area (Å²) in [6.07, 6.45) is 1.79. The number of hydrogen-bond acceptors (Lipinski definition) is 8. The molecule has 2 aromatic rings. The van der Waals surface area contributed by atoms with E-state index in [0.717, 1.165) is 24.6 Å². The Morgan fingerprint density at radius 1 is 0.682 bits per heavy atom. The molecule has 10 nitrogen and oxygen atoms in total. The van der Waals surface area contributed by atoms with Crippen molar-refractivity contribution in [1.82, 2.24) is 0 Å². The molecule has 0 fully saturated rings. The van der Waals surface area contributed by atoms with E-state index < -0.39 is 36.7 Å². The number of halogens is 6. The zero-order chi connectivity index (χ0) is 32.7. The van der Waals surface area contributed by atoms with Crippen LogP contribution in [0.1, 0.15) is 25.0 Å². The molecule has 4 rings (SSSR count). The largest absolute Gasteiger partial charge is 0.522 e. The SMILES string of the molecule is CC(C)(C1=N[C@H](Cc2ccccc2)CO1)C1=N[C@H](Cc2ccccc2)CO1.O=S(=O)(O)C(F)(F)F.O=S(=O)(O)C(F)(F)F.[Sn]. The summed E-state index contributed by atoms with van der Waals surface area (Å²) in [5, 5.41) is 0. The summed E-state index contributed by atoms with van der Waals surface area (Å²) in [6, 6.07) is 21.2. The average molecular weight is 781 g/mol. The molecule has 0 saturated carbocycles. The average Bonchev–Trinajstić information content (AvgIpc) is 3.54. The Balaban J connectivity index is 0.000000474. The quantitative estimate of drug-likeness (QED) is 0.188. The number of benzene rings is 2. The predicted octanol–water partition coefficient (Wildman–Crippen LogP) is 4.50. The number of nitrogens with zero attached hydrogens (tertiary/aromatic N) is 2. The Morgan fingerprint density at radius 2 is 0.955 bits per heavy atom. The van der Waals surface area contributed by atoms with Crippen molar-refractivity contribution in [1.29, 1.82) is 0 Å². The molecule has 244 valence electrons. The van der Waals surface area contributed by atoms with Gasteiger partial charge in [0.25, 0.3) is 0 Å². The number of ether oxygens (including phenoxy) is 2. The normalized spacial score (nSPS) is 18.6. The number of rotatable bonds is 6. The van der Waals surface area contributed by atoms with Gasteiger partial charge in [0, 0.05) is 23.9 Å². The molecule has 2 aliphatic rings. The first-order valence-corrected chi connectivity index (χ1v) is 15.1. The third-order valence-corrected chi connectivity index (χ3v) is 6.88. The third-order valence-electron chi connectivity index (χ3n) is 5.71. The molecule has 0 unspecified atom stereocenters. The molecule has 0 aromatic heterocycles. The van der Waals surface area contributed by atoms with Crippen LogP contribution in [0.3, 0.4) is 0 Å². The Bertz CT molecular complexity index is 1370. The van der Waals surface area contributed by atoms with Gasteiger partial charge in [0.15, 0.2) is 11.8 Å². The topological polar surface area (TPSA) is 152 Å². The van der Waals surface area contributed by atoms with Gasteiger partial charge in [-0.1, -0.05) is 60.7 Å². The summed E-state index contributed by atoms with van der Waals surface area (Å²) >= 11 is 0. The van der Waals surface area contributed by atoms with Crippen molar-refractivity contribution in [3.8, 4) is 0 Å². The molecule has 19 heteroatoms. The molecule has 2 N–H and O–H groups in total. The van der Waals surface area contributed by atoms with Crippen molar-refractivity contribution in [2.75, 3.05) is 13.2 Å². The predicted molar refractivity (Wildman–Crippen MR) is 149 cm³/mol. The van der Waals surface area contributed by atoms with E-state index in [1.54, 1.807) is 0 Å². The molecule has 0 saturated heterocycles. The summed E-state index contributed by atoms with van der Waals surface area (Å²) in [6.45, 7) is 5.41. The van der Waals surface area contributed by atoms with Gasteiger partial charge >= 0.3 is 31.3 Å². The monoisotopic (exact) mass is 782 g/mol. The summed E-state index contributed by atoms with van der Waals surface area (Å²) in [7, 11) is -11.7. The van der Waals surface area contributed by atoms with Gasteiger partial charge < -0.3 is 9.47 Å². The van der Waals surface area contributed by atoms with Crippen molar-refractivity contribution in [2.45, 2.75) is 49.8 Å². The maximum absolute atomic E-state index is 10.7. The minimum atomic E-state index is -5.84. The van der Waals surface area contributed by atoms with Gasteiger partial charge in [-0.3, -0.25) is 9.11 Å². The molecular weight excluding hydrogens is 753 g/mol. The van der Waals surface area contributed by atoms with Crippen LogP contribution >= 0.6 is 0 Å². The van der Waals surface area contributed by atoms with Gasteiger partial charge in [-0.25, -0.2) is 9.98 Å². The van der Waals surface area contributed by atoms with E-state index in [1.807, 2.05) is 12.1 Å². The third kappa shape index (κ3) is 12.2. The van der Waals surface area contributed by atoms with Crippen molar-refractivity contribution in [3.63, 3.8) is 0 Å². The molecule has 4 radical (unpaired) electrons. The van der Waals surface area contributed by atoms with Crippen LogP contribution in [0.5, 0.6) is 0 Å². The standard InChI is InChI=1S/C23H26N2O2.2CHF3O3S.Sn/c1-23(2,21-24-19(15-26-21)13-17-9-5-3-6-10-17)22-25-20(16-27-22)14-18-11-7-4-8-12-18;2*2-1(3,4)8(5,6)7;/h3-12,19-20H,13-16H2,1-2H3;2*(H,5,6,7);/t19-,20-;;;/m1.../s1. The Hall–Kier alpha value is -2.42. The van der Waals surface area contributed by atoms with Crippen molar-refractivity contribution >= 4 is 55.9 Å². The molecule has 2 atom stereocenters. The molecule has 2 aliphatic heterocycles. The zero-order valence-electron chi connectivity index (χ0n) is 23.1. The summed E-state index contributed by atoms with van der Waals surface area (Å²) in [5.74, 6) is 1.48. The fraction of sp³-hybridized carbons (Fsp3) is 0.440. The molecule has 44 heavy (non-hydrogen) atoms. The van der Waals surface area contributed by atoms with Crippen LogP contribution in [-0.4, -0.2) is 98.0 Å². The van der Waals surface area contributed by atoms with Gasteiger partial charge in [-0.05, 0) is 37.8 Å². The van der Waals surface area contributed by atoms with Crippen LogP contribution in [0.4, 0.5) is 26.3 Å². The summed E-state index contributed by atoms with van der Waals surface area (Å²) in [5.41, 5.74) is -8.94. The van der Waals surface area contributed by atoms with Crippen molar-refractivity contribution in [2.24, 2.45) is 15.4 Å². The number of aliphatic imine (C=N–C) groups is 2. The first kappa shape index (κ1) is 39.6. The fourth-order valence-electron chi connectivity index (χ4n) is 3.59. The molecule has 2 aromatic carbocycles. The molecular formula is C25H28F6N2O8S2Sn. The smallest absolute Gasteiger partial charge is 0.478 e. The van der Waals surface area contributed by atoms with Crippen LogP contribution in [0, 0.1) is 5.41 Å². The molecule has 0 bridgehead atoms. The van der Waals surface area contributed by atoms with E-state index in [1.165, 1.54) is 11.1 Å². The van der Waals surface area contributed by atoms with Gasteiger partial charge in [0.1, 0.15) is 18.6 Å². The molecule has 0 amide bonds. The Labute approximate surface area is 267 Å². The minimum Gasteiger partial charge on any atom is -0.478 e. The van der Waals surface area contributed by atoms with E-state index in [0.29, 0.717) is 13.2 Å². The second-order valence-corrected chi connectivity index (χ2v) is 12.5. The Morgan fingerprint density at radius 3 is 1.20 bits per heavy atom. The van der Waals surface area contributed by atoms with Gasteiger partial charge in [0.2, 0.25) is 0 Å². The van der Waals surface area contributed by atoms with Crippen LogP contribution in [-0.2, 0) is 42.6 Å². The molecule has 0 aliphatic carbocycles. The van der Waals surface area contributed by atoms with E-state index in [2.05, 4.69) is 62.4 Å². The summed E-state index contributed by atoms with van der Waals surface area (Å²) in [4.78, 5) is 9.68. The van der Waals surface area contributed by atoms with Crippen LogP contribution in [0.2, 0.25) is 0 Å².